The van der Waals surface area contributed by atoms with Crippen LogP contribution in [0.2, 0.25) is 0 Å². The Morgan fingerprint density at radius 1 is 0.929 bits per heavy atom. The number of amides is 1. The second kappa shape index (κ2) is 8.30. The van der Waals surface area contributed by atoms with E-state index in [1.165, 1.54) is 10.1 Å². The number of H-pyrrole nitrogens is 1. The second-order valence-electron chi connectivity index (χ2n) is 7.48. The average molecular weight is 375 g/mol. The molecule has 3 aromatic rings. The fraction of sp³-hybridized carbons (Fsp3) is 0.304. The fourth-order valence-electron chi connectivity index (χ4n) is 3.95. The van der Waals surface area contributed by atoms with E-state index in [2.05, 4.69) is 29.2 Å². The summed E-state index contributed by atoms with van der Waals surface area (Å²) < 4.78 is 1.54. The predicted molar refractivity (Wildman–Crippen MR) is 109 cm³/mol. The standard InChI is InChI=1S/C23H25N3O2/c27-22(21-16-24-23(28)26(21)17-20-9-5-2-6-10-20)25-13-11-19(12-14-25)15-18-7-3-1-4-8-18/h1-10,16,19H,11-15,17H2,(H,24,28). The number of aromatic nitrogens is 2. The molecule has 5 heteroatoms. The van der Waals surface area contributed by atoms with Gasteiger partial charge in [-0.1, -0.05) is 60.7 Å². The van der Waals surface area contributed by atoms with Gasteiger partial charge in [-0.25, -0.2) is 4.79 Å². The topological polar surface area (TPSA) is 58.1 Å². The number of carbonyl (C=O) groups is 1. The largest absolute Gasteiger partial charge is 0.337 e. The van der Waals surface area contributed by atoms with Crippen molar-refractivity contribution < 1.29 is 4.79 Å². The maximum atomic E-state index is 13.0. The van der Waals surface area contributed by atoms with E-state index in [1.807, 2.05) is 41.3 Å². The molecule has 1 aliphatic rings. The fourth-order valence-corrected chi connectivity index (χ4v) is 3.95. The summed E-state index contributed by atoms with van der Waals surface area (Å²) in [6, 6.07) is 20.3. The second-order valence-corrected chi connectivity index (χ2v) is 7.48. The van der Waals surface area contributed by atoms with Crippen LogP contribution in [0.3, 0.4) is 0 Å². The van der Waals surface area contributed by atoms with Crippen molar-refractivity contribution in [2.45, 2.75) is 25.8 Å². The van der Waals surface area contributed by atoms with Crippen LogP contribution in [0, 0.1) is 5.92 Å². The van der Waals surface area contributed by atoms with E-state index in [0.717, 1.165) is 37.9 Å². The van der Waals surface area contributed by atoms with E-state index < -0.39 is 0 Å². The van der Waals surface area contributed by atoms with Gasteiger partial charge in [0.05, 0.1) is 6.54 Å². The first-order chi connectivity index (χ1) is 13.7. The van der Waals surface area contributed by atoms with Gasteiger partial charge >= 0.3 is 5.69 Å². The van der Waals surface area contributed by atoms with Crippen molar-refractivity contribution in [3.8, 4) is 0 Å². The van der Waals surface area contributed by atoms with Gasteiger partial charge in [-0.3, -0.25) is 9.36 Å². The van der Waals surface area contributed by atoms with E-state index in [4.69, 9.17) is 0 Å². The van der Waals surface area contributed by atoms with Crippen LogP contribution >= 0.6 is 0 Å². The number of piperidine rings is 1. The summed E-state index contributed by atoms with van der Waals surface area (Å²) in [5, 5.41) is 0. The smallest absolute Gasteiger partial charge is 0.326 e. The first-order valence-corrected chi connectivity index (χ1v) is 9.86. The highest BCUT2D eigenvalue weighted by Gasteiger charge is 2.26. The Morgan fingerprint density at radius 2 is 1.54 bits per heavy atom. The van der Waals surface area contributed by atoms with Gasteiger partial charge in [0, 0.05) is 19.3 Å². The summed E-state index contributed by atoms with van der Waals surface area (Å²) in [6.07, 6.45) is 4.59. The number of likely N-dealkylation sites (tertiary alicyclic amines) is 1. The number of nitrogens with one attached hydrogen (secondary N) is 1. The average Bonchev–Trinajstić information content (AvgIpc) is 3.10. The molecular formula is C23H25N3O2. The molecule has 0 aliphatic carbocycles. The monoisotopic (exact) mass is 375 g/mol. The Hall–Kier alpha value is -3.08. The van der Waals surface area contributed by atoms with Crippen molar-refractivity contribution in [1.82, 2.24) is 14.5 Å². The molecule has 1 N–H and O–H groups in total. The van der Waals surface area contributed by atoms with Crippen LogP contribution in [-0.4, -0.2) is 33.4 Å². The number of nitrogens with zero attached hydrogens (tertiary/aromatic N) is 2. The summed E-state index contributed by atoms with van der Waals surface area (Å²) in [6.45, 7) is 1.87. The Labute approximate surface area is 164 Å². The molecule has 2 heterocycles. The van der Waals surface area contributed by atoms with Gasteiger partial charge in [-0.15, -0.1) is 0 Å². The van der Waals surface area contributed by atoms with Crippen molar-refractivity contribution in [2.75, 3.05) is 13.1 Å². The van der Waals surface area contributed by atoms with Gasteiger partial charge in [0.1, 0.15) is 5.69 Å². The Morgan fingerprint density at radius 3 is 2.18 bits per heavy atom. The van der Waals surface area contributed by atoms with E-state index in [9.17, 15) is 9.59 Å². The number of aromatic amines is 1. The molecule has 0 saturated carbocycles. The zero-order valence-corrected chi connectivity index (χ0v) is 15.9. The Bertz CT molecular complexity index is 968. The molecule has 0 spiro atoms. The third-order valence-electron chi connectivity index (χ3n) is 5.54. The van der Waals surface area contributed by atoms with Crippen molar-refractivity contribution in [2.24, 2.45) is 5.92 Å². The van der Waals surface area contributed by atoms with E-state index in [1.54, 1.807) is 6.20 Å². The first-order valence-electron chi connectivity index (χ1n) is 9.86. The summed E-state index contributed by atoms with van der Waals surface area (Å²) in [7, 11) is 0. The Balaban J connectivity index is 1.41. The number of hydrogen-bond donors (Lipinski definition) is 1. The summed E-state index contributed by atoms with van der Waals surface area (Å²) in [5.74, 6) is 0.539. The quantitative estimate of drug-likeness (QED) is 0.744. The molecule has 0 bridgehead atoms. The zero-order chi connectivity index (χ0) is 19.3. The molecule has 28 heavy (non-hydrogen) atoms. The molecule has 0 atom stereocenters. The molecule has 2 aromatic carbocycles. The number of hydrogen-bond acceptors (Lipinski definition) is 2. The van der Waals surface area contributed by atoms with Crippen LogP contribution in [0.1, 0.15) is 34.5 Å². The zero-order valence-electron chi connectivity index (χ0n) is 15.9. The molecular weight excluding hydrogens is 350 g/mol. The molecule has 144 valence electrons. The van der Waals surface area contributed by atoms with Gasteiger partial charge in [-0.2, -0.15) is 0 Å². The van der Waals surface area contributed by atoms with Crippen molar-refractivity contribution in [3.05, 3.63) is 94.2 Å². The molecule has 0 unspecified atom stereocenters. The Kier molecular flexibility index (Phi) is 5.42. The lowest BCUT2D eigenvalue weighted by Gasteiger charge is -2.32. The highest BCUT2D eigenvalue weighted by atomic mass is 16.2. The third kappa shape index (κ3) is 4.09. The van der Waals surface area contributed by atoms with Gasteiger partial charge < -0.3 is 9.88 Å². The number of carbonyl (C=O) groups excluding carboxylic acids is 1. The lowest BCUT2D eigenvalue weighted by Crippen LogP contribution is -2.40. The van der Waals surface area contributed by atoms with Crippen LogP contribution in [0.4, 0.5) is 0 Å². The molecule has 0 radical (unpaired) electrons. The van der Waals surface area contributed by atoms with Crippen LogP contribution in [0.5, 0.6) is 0 Å². The van der Waals surface area contributed by atoms with Crippen molar-refractivity contribution >= 4 is 5.91 Å². The first kappa shape index (κ1) is 18.3. The van der Waals surface area contributed by atoms with Crippen LogP contribution in [-0.2, 0) is 13.0 Å². The summed E-state index contributed by atoms with van der Waals surface area (Å²) >= 11 is 0. The molecule has 1 fully saturated rings. The lowest BCUT2D eigenvalue weighted by molar-refractivity contribution is 0.0679. The van der Waals surface area contributed by atoms with Crippen molar-refractivity contribution in [3.63, 3.8) is 0 Å². The summed E-state index contributed by atoms with van der Waals surface area (Å²) in [5.41, 5.74) is 2.55. The minimum Gasteiger partial charge on any atom is -0.337 e. The normalized spacial score (nSPS) is 14.9. The third-order valence-corrected chi connectivity index (χ3v) is 5.54. The highest BCUT2D eigenvalue weighted by Crippen LogP contribution is 2.22. The summed E-state index contributed by atoms with van der Waals surface area (Å²) in [4.78, 5) is 29.8. The lowest BCUT2D eigenvalue weighted by atomic mass is 9.90. The molecule has 1 saturated heterocycles. The predicted octanol–water partition coefficient (Wildman–Crippen LogP) is 3.32. The minimum atomic E-state index is -0.244. The van der Waals surface area contributed by atoms with E-state index in [0.29, 0.717) is 18.2 Å². The van der Waals surface area contributed by atoms with Gasteiger partial charge in [0.15, 0.2) is 0 Å². The number of rotatable bonds is 5. The van der Waals surface area contributed by atoms with Gasteiger partial charge in [0.2, 0.25) is 0 Å². The van der Waals surface area contributed by atoms with Gasteiger partial charge in [0.25, 0.3) is 5.91 Å². The van der Waals surface area contributed by atoms with Crippen LogP contribution in [0.25, 0.3) is 0 Å². The molecule has 1 aliphatic heterocycles. The number of benzene rings is 2. The number of imidazole rings is 1. The van der Waals surface area contributed by atoms with Crippen LogP contribution in [0.15, 0.2) is 71.7 Å². The van der Waals surface area contributed by atoms with Crippen molar-refractivity contribution in [1.29, 1.82) is 0 Å². The maximum absolute atomic E-state index is 13.0. The molecule has 5 nitrogen and oxygen atoms in total. The van der Waals surface area contributed by atoms with E-state index in [-0.39, 0.29) is 11.6 Å². The molecule has 4 rings (SSSR count). The SMILES string of the molecule is O=C(c1c[nH]c(=O)n1Cc1ccccc1)N1CCC(Cc2ccccc2)CC1. The van der Waals surface area contributed by atoms with Gasteiger partial charge in [-0.05, 0) is 36.3 Å². The minimum absolute atomic E-state index is 0.0626. The highest BCUT2D eigenvalue weighted by molar-refractivity contribution is 5.92. The van der Waals surface area contributed by atoms with E-state index >= 15 is 0 Å². The maximum Gasteiger partial charge on any atom is 0.326 e. The molecule has 1 amide bonds. The molecule has 1 aromatic heterocycles. The van der Waals surface area contributed by atoms with Crippen LogP contribution < -0.4 is 5.69 Å².